The van der Waals surface area contributed by atoms with Gasteiger partial charge in [-0.15, -0.1) is 11.8 Å². The SMILES string of the molecule is COc1cc(C(=O)N(C)c2ccc(C)cc2OCCCCC(=C=O)N2CCN(C)CC2)ccc1NC(=O)c1ccccc1SCCCN. The largest absolute Gasteiger partial charge is 0.495 e. The highest BCUT2D eigenvalue weighted by Gasteiger charge is 2.21. The molecule has 256 valence electrons. The maximum Gasteiger partial charge on any atom is 0.258 e. The summed E-state index contributed by atoms with van der Waals surface area (Å²) in [4.78, 5) is 45.4. The number of nitrogens with two attached hydrogens (primary N) is 1. The van der Waals surface area contributed by atoms with Gasteiger partial charge in [0.2, 0.25) is 0 Å². The van der Waals surface area contributed by atoms with E-state index in [1.54, 1.807) is 48.0 Å². The molecule has 0 atom stereocenters. The van der Waals surface area contributed by atoms with Crippen LogP contribution in [0, 0.1) is 6.92 Å². The van der Waals surface area contributed by atoms with Gasteiger partial charge < -0.3 is 35.2 Å². The number of hydrogen-bond donors (Lipinski definition) is 2. The van der Waals surface area contributed by atoms with Crippen LogP contribution in [-0.2, 0) is 4.79 Å². The lowest BCUT2D eigenvalue weighted by Crippen LogP contribution is -2.44. The zero-order valence-electron chi connectivity index (χ0n) is 28.4. The number of carbonyl (C=O) groups excluding carboxylic acids is 3. The topological polar surface area (TPSA) is 117 Å². The zero-order chi connectivity index (χ0) is 34.5. The second-order valence-electron chi connectivity index (χ2n) is 11.8. The lowest BCUT2D eigenvalue weighted by atomic mass is 10.1. The Morgan fingerprint density at radius 3 is 2.50 bits per heavy atom. The minimum Gasteiger partial charge on any atom is -0.495 e. The number of nitrogens with zero attached hydrogens (tertiary/aromatic N) is 3. The Kier molecular flexibility index (Phi) is 13.9. The lowest BCUT2D eigenvalue weighted by Gasteiger charge is -2.34. The summed E-state index contributed by atoms with van der Waals surface area (Å²) in [6.45, 7) is 6.59. The summed E-state index contributed by atoms with van der Waals surface area (Å²) >= 11 is 1.59. The fourth-order valence-electron chi connectivity index (χ4n) is 5.41. The van der Waals surface area contributed by atoms with E-state index in [-0.39, 0.29) is 11.8 Å². The van der Waals surface area contributed by atoms with Crippen molar-refractivity contribution in [3.05, 3.63) is 83.1 Å². The highest BCUT2D eigenvalue weighted by Crippen LogP contribution is 2.33. The van der Waals surface area contributed by atoms with E-state index in [2.05, 4.69) is 28.1 Å². The number of hydrogen-bond acceptors (Lipinski definition) is 9. The van der Waals surface area contributed by atoms with E-state index in [9.17, 15) is 14.4 Å². The first kappa shape index (κ1) is 36.6. The molecule has 0 saturated carbocycles. The molecule has 0 spiro atoms. The first-order valence-electron chi connectivity index (χ1n) is 16.4. The smallest absolute Gasteiger partial charge is 0.258 e. The quantitative estimate of drug-likeness (QED) is 0.116. The number of aryl methyl sites for hydroxylation is 1. The molecule has 0 bridgehead atoms. The van der Waals surface area contributed by atoms with Crippen molar-refractivity contribution in [1.29, 1.82) is 0 Å². The number of methoxy groups -OCH3 is 1. The van der Waals surface area contributed by atoms with Crippen molar-refractivity contribution in [2.24, 2.45) is 5.73 Å². The number of likely N-dealkylation sites (N-methyl/N-ethyl adjacent to an activating group) is 1. The van der Waals surface area contributed by atoms with Crippen LogP contribution in [0.4, 0.5) is 11.4 Å². The van der Waals surface area contributed by atoms with Gasteiger partial charge in [-0.3, -0.25) is 9.59 Å². The molecule has 3 aromatic carbocycles. The summed E-state index contributed by atoms with van der Waals surface area (Å²) < 4.78 is 11.8. The second-order valence-corrected chi connectivity index (χ2v) is 13.0. The fraction of sp³-hybridized carbons (Fsp3) is 0.405. The number of rotatable bonds is 16. The van der Waals surface area contributed by atoms with Gasteiger partial charge in [0.05, 0.1) is 36.4 Å². The Morgan fingerprint density at radius 2 is 1.77 bits per heavy atom. The summed E-state index contributed by atoms with van der Waals surface area (Å²) in [7, 11) is 5.30. The number of nitrogens with one attached hydrogen (secondary N) is 1. The number of ether oxygens (including phenoxy) is 2. The maximum atomic E-state index is 13.7. The summed E-state index contributed by atoms with van der Waals surface area (Å²) in [5.41, 5.74) is 9.43. The van der Waals surface area contributed by atoms with Crippen molar-refractivity contribution >= 4 is 40.9 Å². The average Bonchev–Trinajstić information content (AvgIpc) is 3.10. The van der Waals surface area contributed by atoms with Gasteiger partial charge in [0.15, 0.2) is 0 Å². The number of benzene rings is 3. The third kappa shape index (κ3) is 9.87. The molecule has 0 radical (unpaired) electrons. The molecule has 0 aromatic heterocycles. The van der Waals surface area contributed by atoms with Gasteiger partial charge >= 0.3 is 0 Å². The molecule has 48 heavy (non-hydrogen) atoms. The summed E-state index contributed by atoms with van der Waals surface area (Å²) in [6, 6.07) is 18.2. The van der Waals surface area contributed by atoms with Crippen LogP contribution < -0.4 is 25.4 Å². The molecule has 1 fully saturated rings. The molecule has 4 rings (SSSR count). The first-order chi connectivity index (χ1) is 23.2. The standard InChI is InChI=1S/C37H47N5O5S/c1-27-13-16-32(34(24-27)47-22-8-7-10-29(26-43)42-20-18-40(2)19-21-42)41(3)37(45)28-14-15-31(33(25-28)46-4)39-36(44)30-11-5-6-12-35(30)48-23-9-17-38/h5-6,11-16,24-25H,7-10,17-23,38H2,1-4H3,(H,39,44). The Morgan fingerprint density at radius 1 is 1.00 bits per heavy atom. The van der Waals surface area contributed by atoms with Gasteiger partial charge in [-0.05, 0) is 100.0 Å². The number of carbonyl (C=O) groups is 2. The minimum atomic E-state index is -0.264. The molecular formula is C37H47N5O5S. The van der Waals surface area contributed by atoms with E-state index in [0.717, 1.165) is 67.4 Å². The van der Waals surface area contributed by atoms with E-state index in [0.29, 0.717) is 53.6 Å². The van der Waals surface area contributed by atoms with Crippen LogP contribution in [0.15, 0.2) is 71.3 Å². The van der Waals surface area contributed by atoms with Gasteiger partial charge in [0, 0.05) is 43.7 Å². The van der Waals surface area contributed by atoms with E-state index in [1.165, 1.54) is 7.11 Å². The molecule has 3 aromatic rings. The lowest BCUT2D eigenvalue weighted by molar-refractivity contribution is 0.0990. The number of anilines is 2. The number of amides is 2. The van der Waals surface area contributed by atoms with Crippen molar-refractivity contribution in [2.75, 3.05) is 76.5 Å². The third-order valence-corrected chi connectivity index (χ3v) is 9.44. The average molecular weight is 674 g/mol. The van der Waals surface area contributed by atoms with Crippen molar-refractivity contribution < 1.29 is 23.9 Å². The van der Waals surface area contributed by atoms with Gasteiger partial charge in [-0.25, -0.2) is 4.79 Å². The Labute approximate surface area is 288 Å². The second kappa shape index (κ2) is 18.3. The van der Waals surface area contributed by atoms with E-state index in [1.807, 2.05) is 43.3 Å². The molecule has 1 saturated heterocycles. The summed E-state index contributed by atoms with van der Waals surface area (Å²) in [5.74, 6) is 3.43. The fourth-order valence-corrected chi connectivity index (χ4v) is 6.43. The predicted octanol–water partition coefficient (Wildman–Crippen LogP) is 5.49. The Hall–Kier alpha value is -4.28. The summed E-state index contributed by atoms with van der Waals surface area (Å²) in [6.07, 6.45) is 3.07. The summed E-state index contributed by atoms with van der Waals surface area (Å²) in [5, 5.41) is 2.94. The van der Waals surface area contributed by atoms with Crippen LogP contribution in [0.2, 0.25) is 0 Å². The van der Waals surface area contributed by atoms with Crippen LogP contribution >= 0.6 is 11.8 Å². The molecule has 11 heteroatoms. The Bertz CT molecular complexity index is 1600. The number of piperazine rings is 1. The molecule has 1 heterocycles. The molecule has 1 aliphatic heterocycles. The monoisotopic (exact) mass is 673 g/mol. The molecule has 1 aliphatic rings. The third-order valence-electron chi connectivity index (χ3n) is 8.28. The van der Waals surface area contributed by atoms with Crippen molar-refractivity contribution in [2.45, 2.75) is 37.5 Å². The van der Waals surface area contributed by atoms with E-state index in [4.69, 9.17) is 15.2 Å². The van der Waals surface area contributed by atoms with Crippen LogP contribution in [0.1, 0.15) is 52.0 Å². The number of unbranched alkanes of at least 4 members (excludes halogenated alkanes) is 1. The van der Waals surface area contributed by atoms with Crippen LogP contribution in [-0.4, -0.2) is 93.8 Å². The normalized spacial score (nSPS) is 13.1. The van der Waals surface area contributed by atoms with Gasteiger partial charge in [-0.2, -0.15) is 0 Å². The molecule has 3 N–H and O–H groups in total. The van der Waals surface area contributed by atoms with Gasteiger partial charge in [0.25, 0.3) is 11.8 Å². The van der Waals surface area contributed by atoms with Gasteiger partial charge in [0.1, 0.15) is 17.4 Å². The molecule has 0 aliphatic carbocycles. The predicted molar refractivity (Wildman–Crippen MR) is 193 cm³/mol. The zero-order valence-corrected chi connectivity index (χ0v) is 29.2. The van der Waals surface area contributed by atoms with Gasteiger partial charge in [-0.1, -0.05) is 18.2 Å². The number of thioether (sulfide) groups is 1. The van der Waals surface area contributed by atoms with Crippen molar-refractivity contribution in [1.82, 2.24) is 9.80 Å². The van der Waals surface area contributed by atoms with Crippen molar-refractivity contribution in [3.63, 3.8) is 0 Å². The maximum absolute atomic E-state index is 13.7. The number of allylic oxidation sites excluding steroid dienone is 1. The van der Waals surface area contributed by atoms with Crippen LogP contribution in [0.5, 0.6) is 11.5 Å². The molecule has 2 amide bonds. The van der Waals surface area contributed by atoms with E-state index >= 15 is 0 Å². The van der Waals surface area contributed by atoms with Crippen molar-refractivity contribution in [3.8, 4) is 11.5 Å². The minimum absolute atomic E-state index is 0.255. The molecular weight excluding hydrogens is 627 g/mol. The molecule has 0 unspecified atom stereocenters. The van der Waals surface area contributed by atoms with Crippen LogP contribution in [0.25, 0.3) is 0 Å². The van der Waals surface area contributed by atoms with E-state index < -0.39 is 0 Å². The molecule has 10 nitrogen and oxygen atoms in total. The van der Waals surface area contributed by atoms with Crippen LogP contribution in [0.3, 0.4) is 0 Å². The first-order valence-corrected chi connectivity index (χ1v) is 17.3. The highest BCUT2D eigenvalue weighted by atomic mass is 32.2. The Balaban J connectivity index is 1.39. The highest BCUT2D eigenvalue weighted by molar-refractivity contribution is 7.99.